The van der Waals surface area contributed by atoms with Crippen molar-refractivity contribution in [1.82, 2.24) is 9.97 Å². The van der Waals surface area contributed by atoms with Gasteiger partial charge in [-0.05, 0) is 19.4 Å². The average molecular weight is 238 g/mol. The van der Waals surface area contributed by atoms with Gasteiger partial charge in [0.05, 0.1) is 12.6 Å². The molecule has 0 aliphatic carbocycles. The highest BCUT2D eigenvalue weighted by molar-refractivity contribution is 5.36. The molecule has 17 heavy (non-hydrogen) atoms. The Kier molecular flexibility index (Phi) is 6.50. The Morgan fingerprint density at radius 1 is 1.47 bits per heavy atom. The van der Waals surface area contributed by atoms with Crippen LogP contribution in [0.2, 0.25) is 0 Å². The van der Waals surface area contributed by atoms with Crippen LogP contribution in [0.25, 0.3) is 0 Å². The van der Waals surface area contributed by atoms with Gasteiger partial charge in [0.1, 0.15) is 12.1 Å². The smallest absolute Gasteiger partial charge is 0.129 e. The molecule has 3 N–H and O–H groups in total. The van der Waals surface area contributed by atoms with E-state index in [1.807, 2.05) is 6.07 Å². The van der Waals surface area contributed by atoms with Crippen LogP contribution in [0.1, 0.15) is 25.5 Å². The van der Waals surface area contributed by atoms with Crippen LogP contribution in [0.3, 0.4) is 0 Å². The van der Waals surface area contributed by atoms with Gasteiger partial charge in [-0.25, -0.2) is 9.97 Å². The van der Waals surface area contributed by atoms with E-state index < -0.39 is 0 Å². The van der Waals surface area contributed by atoms with Gasteiger partial charge < -0.3 is 15.8 Å². The Balaban J connectivity index is 2.60. The first-order valence-electron chi connectivity index (χ1n) is 6.06. The highest BCUT2D eigenvalue weighted by atomic mass is 16.5. The van der Waals surface area contributed by atoms with E-state index in [2.05, 4.69) is 22.2 Å². The highest BCUT2D eigenvalue weighted by Gasteiger charge is 2.08. The summed E-state index contributed by atoms with van der Waals surface area (Å²) in [4.78, 5) is 8.43. The molecule has 0 bridgehead atoms. The zero-order valence-electron chi connectivity index (χ0n) is 10.6. The van der Waals surface area contributed by atoms with Gasteiger partial charge in [-0.1, -0.05) is 13.3 Å². The normalized spacial score (nSPS) is 12.4. The first kappa shape index (κ1) is 13.9. The summed E-state index contributed by atoms with van der Waals surface area (Å²) in [6, 6.07) is 2.19. The number of hydrogen-bond donors (Lipinski definition) is 2. The fraction of sp³-hybridized carbons (Fsp3) is 0.667. The van der Waals surface area contributed by atoms with Gasteiger partial charge in [-0.2, -0.15) is 0 Å². The van der Waals surface area contributed by atoms with Crippen molar-refractivity contribution in [2.45, 2.75) is 32.2 Å². The molecule has 0 saturated heterocycles. The second kappa shape index (κ2) is 7.97. The number of rotatable bonds is 8. The molecular weight excluding hydrogens is 216 g/mol. The van der Waals surface area contributed by atoms with Crippen molar-refractivity contribution >= 4 is 5.82 Å². The molecule has 0 radical (unpaired) electrons. The van der Waals surface area contributed by atoms with Crippen molar-refractivity contribution in [2.24, 2.45) is 5.73 Å². The minimum Gasteiger partial charge on any atom is -0.383 e. The topological polar surface area (TPSA) is 73.1 Å². The number of nitrogens with two attached hydrogens (primary N) is 1. The van der Waals surface area contributed by atoms with E-state index in [4.69, 9.17) is 10.5 Å². The molecule has 0 spiro atoms. The third-order valence-electron chi connectivity index (χ3n) is 2.46. The predicted octanol–water partition coefficient (Wildman–Crippen LogP) is 1.20. The minimum absolute atomic E-state index is 0.203. The average Bonchev–Trinajstić information content (AvgIpc) is 2.30. The summed E-state index contributed by atoms with van der Waals surface area (Å²) in [6.45, 7) is 3.40. The van der Waals surface area contributed by atoms with Crippen LogP contribution in [-0.2, 0) is 11.2 Å². The second-order valence-corrected chi connectivity index (χ2v) is 4.02. The molecule has 0 aliphatic heterocycles. The summed E-state index contributed by atoms with van der Waals surface area (Å²) in [5.74, 6) is 0.846. The maximum absolute atomic E-state index is 5.56. The molecule has 5 heteroatoms. The maximum Gasteiger partial charge on any atom is 0.129 e. The lowest BCUT2D eigenvalue weighted by molar-refractivity contribution is 0.183. The number of nitrogens with one attached hydrogen (secondary N) is 1. The van der Waals surface area contributed by atoms with Gasteiger partial charge in [0.15, 0.2) is 0 Å². The van der Waals surface area contributed by atoms with Crippen LogP contribution < -0.4 is 11.1 Å². The summed E-state index contributed by atoms with van der Waals surface area (Å²) in [6.07, 6.45) is 4.52. The molecule has 0 fully saturated rings. The van der Waals surface area contributed by atoms with E-state index in [1.54, 1.807) is 13.4 Å². The van der Waals surface area contributed by atoms with Crippen LogP contribution in [-0.4, -0.2) is 36.3 Å². The Bertz CT molecular complexity index is 313. The van der Waals surface area contributed by atoms with Crippen molar-refractivity contribution in [3.8, 4) is 0 Å². The SMILES string of the molecule is CCCc1cc(NC(CCN)COC)ncn1. The molecule has 1 aromatic rings. The third kappa shape index (κ3) is 5.10. The van der Waals surface area contributed by atoms with Gasteiger partial charge in [0.25, 0.3) is 0 Å². The summed E-state index contributed by atoms with van der Waals surface area (Å²) < 4.78 is 5.15. The summed E-state index contributed by atoms with van der Waals surface area (Å²) in [5, 5.41) is 3.32. The van der Waals surface area contributed by atoms with Crippen molar-refractivity contribution in [1.29, 1.82) is 0 Å². The molecule has 1 aromatic heterocycles. The van der Waals surface area contributed by atoms with E-state index in [0.29, 0.717) is 13.2 Å². The summed E-state index contributed by atoms with van der Waals surface area (Å²) in [7, 11) is 1.69. The van der Waals surface area contributed by atoms with Gasteiger partial charge >= 0.3 is 0 Å². The van der Waals surface area contributed by atoms with Crippen LogP contribution >= 0.6 is 0 Å². The number of hydrogen-bond acceptors (Lipinski definition) is 5. The van der Waals surface area contributed by atoms with E-state index in [1.165, 1.54) is 0 Å². The van der Waals surface area contributed by atoms with Crippen molar-refractivity contribution in [2.75, 3.05) is 25.6 Å². The van der Waals surface area contributed by atoms with Crippen LogP contribution in [0.15, 0.2) is 12.4 Å². The van der Waals surface area contributed by atoms with Crippen molar-refractivity contribution in [3.05, 3.63) is 18.1 Å². The molecule has 1 rings (SSSR count). The fourth-order valence-electron chi connectivity index (χ4n) is 1.68. The van der Waals surface area contributed by atoms with Crippen LogP contribution in [0, 0.1) is 0 Å². The Morgan fingerprint density at radius 3 is 2.94 bits per heavy atom. The first-order chi connectivity index (χ1) is 8.30. The minimum atomic E-state index is 0.203. The zero-order chi connectivity index (χ0) is 12.5. The first-order valence-corrected chi connectivity index (χ1v) is 6.06. The van der Waals surface area contributed by atoms with Crippen molar-refractivity contribution < 1.29 is 4.74 Å². The summed E-state index contributed by atoms with van der Waals surface area (Å²) >= 11 is 0. The van der Waals surface area contributed by atoms with E-state index in [9.17, 15) is 0 Å². The third-order valence-corrected chi connectivity index (χ3v) is 2.46. The lowest BCUT2D eigenvalue weighted by Crippen LogP contribution is -2.28. The molecule has 0 saturated carbocycles. The van der Waals surface area contributed by atoms with Gasteiger partial charge in [-0.15, -0.1) is 0 Å². The van der Waals surface area contributed by atoms with Crippen molar-refractivity contribution in [3.63, 3.8) is 0 Å². The second-order valence-electron chi connectivity index (χ2n) is 4.02. The molecule has 1 heterocycles. The largest absolute Gasteiger partial charge is 0.383 e. The van der Waals surface area contributed by atoms with E-state index in [-0.39, 0.29) is 6.04 Å². The number of nitrogens with zero attached hydrogens (tertiary/aromatic N) is 2. The number of aryl methyl sites for hydroxylation is 1. The quantitative estimate of drug-likeness (QED) is 0.712. The standard InChI is InChI=1S/C12H22N4O/c1-3-4-10-7-12(15-9-14-10)16-11(5-6-13)8-17-2/h7,9,11H,3-6,8,13H2,1-2H3,(H,14,15,16). The molecule has 1 atom stereocenters. The molecule has 0 amide bonds. The predicted molar refractivity (Wildman–Crippen MR) is 69.0 cm³/mol. The highest BCUT2D eigenvalue weighted by Crippen LogP contribution is 2.08. The number of ether oxygens (including phenoxy) is 1. The lowest BCUT2D eigenvalue weighted by Gasteiger charge is -2.17. The number of anilines is 1. The Labute approximate surface area is 103 Å². The molecule has 0 aliphatic rings. The number of methoxy groups -OCH3 is 1. The van der Waals surface area contributed by atoms with Crippen LogP contribution in [0.4, 0.5) is 5.82 Å². The fourth-order valence-corrected chi connectivity index (χ4v) is 1.68. The Hall–Kier alpha value is -1.20. The van der Waals surface area contributed by atoms with Crippen LogP contribution in [0.5, 0.6) is 0 Å². The Morgan fingerprint density at radius 2 is 2.29 bits per heavy atom. The maximum atomic E-state index is 5.56. The zero-order valence-corrected chi connectivity index (χ0v) is 10.6. The van der Waals surface area contributed by atoms with E-state index >= 15 is 0 Å². The molecular formula is C12H22N4O. The van der Waals surface area contributed by atoms with Gasteiger partial charge in [-0.3, -0.25) is 0 Å². The molecule has 5 nitrogen and oxygen atoms in total. The summed E-state index contributed by atoms with van der Waals surface area (Å²) in [5.41, 5.74) is 6.63. The lowest BCUT2D eigenvalue weighted by atomic mass is 10.2. The number of aromatic nitrogens is 2. The van der Waals surface area contributed by atoms with E-state index in [0.717, 1.165) is 30.8 Å². The molecule has 0 aromatic carbocycles. The molecule has 1 unspecified atom stereocenters. The monoisotopic (exact) mass is 238 g/mol. The molecule has 96 valence electrons. The van der Waals surface area contributed by atoms with Gasteiger partial charge in [0, 0.05) is 18.9 Å². The van der Waals surface area contributed by atoms with Gasteiger partial charge in [0.2, 0.25) is 0 Å².